The van der Waals surface area contributed by atoms with Crippen molar-refractivity contribution < 1.29 is 4.79 Å². The van der Waals surface area contributed by atoms with Crippen molar-refractivity contribution in [2.24, 2.45) is 5.92 Å². The first-order valence-electron chi connectivity index (χ1n) is 6.48. The number of carbonyl (C=O) groups is 1. The molecule has 1 amide bonds. The van der Waals surface area contributed by atoms with E-state index in [1.807, 2.05) is 4.90 Å². The van der Waals surface area contributed by atoms with Crippen molar-refractivity contribution >= 4 is 5.91 Å². The molecule has 1 atom stereocenters. The van der Waals surface area contributed by atoms with Gasteiger partial charge in [0.2, 0.25) is 5.91 Å². The number of rotatable bonds is 3. The van der Waals surface area contributed by atoms with Gasteiger partial charge in [-0.15, -0.1) is 0 Å². The largest absolute Gasteiger partial charge is 0.342 e. The number of benzene rings is 1. The van der Waals surface area contributed by atoms with Gasteiger partial charge in [-0.05, 0) is 31.2 Å². The van der Waals surface area contributed by atoms with Crippen LogP contribution in [0.25, 0.3) is 0 Å². The fraction of sp³-hybridized carbons (Fsp3) is 0.533. The van der Waals surface area contributed by atoms with Crippen LogP contribution < -0.4 is 0 Å². The highest BCUT2D eigenvalue weighted by atomic mass is 16.2. The van der Waals surface area contributed by atoms with E-state index in [9.17, 15) is 4.79 Å². The van der Waals surface area contributed by atoms with Crippen molar-refractivity contribution in [2.75, 3.05) is 13.1 Å². The molecular formula is C15H21NO. The van der Waals surface area contributed by atoms with Crippen LogP contribution >= 0.6 is 0 Å². The maximum Gasteiger partial charge on any atom is 0.222 e. The van der Waals surface area contributed by atoms with Gasteiger partial charge < -0.3 is 4.90 Å². The Morgan fingerprint density at radius 3 is 2.94 bits per heavy atom. The quantitative estimate of drug-likeness (QED) is 0.783. The molecule has 1 saturated heterocycles. The van der Waals surface area contributed by atoms with E-state index in [1.54, 1.807) is 0 Å². The zero-order valence-electron chi connectivity index (χ0n) is 10.8. The van der Waals surface area contributed by atoms with Crippen LogP contribution in [0.4, 0.5) is 0 Å². The number of likely N-dealkylation sites (tertiary alicyclic amines) is 1. The Kier molecular flexibility index (Phi) is 3.82. The average Bonchev–Trinajstić information content (AvgIpc) is 2.73. The predicted molar refractivity (Wildman–Crippen MR) is 69.9 cm³/mol. The van der Waals surface area contributed by atoms with Crippen molar-refractivity contribution in [1.82, 2.24) is 4.90 Å². The third-order valence-corrected chi connectivity index (χ3v) is 3.49. The third kappa shape index (κ3) is 3.32. The lowest BCUT2D eigenvalue weighted by Crippen LogP contribution is -2.28. The van der Waals surface area contributed by atoms with Gasteiger partial charge in [0.15, 0.2) is 0 Å². The van der Waals surface area contributed by atoms with E-state index >= 15 is 0 Å². The predicted octanol–water partition coefficient (Wildman–Crippen LogP) is 2.80. The molecule has 2 rings (SSSR count). The van der Waals surface area contributed by atoms with E-state index in [-0.39, 0.29) is 0 Å². The zero-order chi connectivity index (χ0) is 12.3. The Balaban J connectivity index is 1.84. The first-order valence-corrected chi connectivity index (χ1v) is 6.48. The molecule has 0 saturated carbocycles. The van der Waals surface area contributed by atoms with Crippen molar-refractivity contribution in [3.05, 3.63) is 35.4 Å². The topological polar surface area (TPSA) is 20.3 Å². The zero-order valence-corrected chi connectivity index (χ0v) is 10.8. The van der Waals surface area contributed by atoms with E-state index < -0.39 is 0 Å². The second-order valence-electron chi connectivity index (χ2n) is 5.22. The van der Waals surface area contributed by atoms with Crippen molar-refractivity contribution in [2.45, 2.75) is 33.1 Å². The van der Waals surface area contributed by atoms with Gasteiger partial charge in [0.25, 0.3) is 0 Å². The standard InChI is InChI=1S/C15H21NO/c1-12-4-3-5-14(10-12)6-7-15(17)16-9-8-13(2)11-16/h3-5,10,13H,6-9,11H2,1-2H3. The van der Waals surface area contributed by atoms with Gasteiger partial charge in [-0.25, -0.2) is 0 Å². The summed E-state index contributed by atoms with van der Waals surface area (Å²) in [5, 5.41) is 0. The van der Waals surface area contributed by atoms with Gasteiger partial charge >= 0.3 is 0 Å². The molecule has 1 heterocycles. The van der Waals surface area contributed by atoms with Gasteiger partial charge in [0.1, 0.15) is 0 Å². The fourth-order valence-electron chi connectivity index (χ4n) is 2.44. The number of carbonyl (C=O) groups excluding carboxylic acids is 1. The van der Waals surface area contributed by atoms with Crippen LogP contribution in [0.2, 0.25) is 0 Å². The SMILES string of the molecule is Cc1cccc(CCC(=O)N2CCC(C)C2)c1. The van der Waals surface area contributed by atoms with Crippen LogP contribution in [0.3, 0.4) is 0 Å². The van der Waals surface area contributed by atoms with Gasteiger partial charge in [-0.1, -0.05) is 36.8 Å². The van der Waals surface area contributed by atoms with Crippen LogP contribution in [0, 0.1) is 12.8 Å². The Morgan fingerprint density at radius 1 is 1.47 bits per heavy atom. The maximum atomic E-state index is 12.0. The Bertz CT molecular complexity index is 400. The lowest BCUT2D eigenvalue weighted by molar-refractivity contribution is -0.130. The molecule has 1 fully saturated rings. The molecule has 0 N–H and O–H groups in total. The van der Waals surface area contributed by atoms with E-state index in [1.165, 1.54) is 11.1 Å². The first kappa shape index (κ1) is 12.2. The van der Waals surface area contributed by atoms with E-state index in [0.717, 1.165) is 25.9 Å². The molecule has 2 nitrogen and oxygen atoms in total. The summed E-state index contributed by atoms with van der Waals surface area (Å²) in [7, 11) is 0. The molecule has 0 aliphatic carbocycles. The third-order valence-electron chi connectivity index (χ3n) is 3.49. The fourth-order valence-corrected chi connectivity index (χ4v) is 2.44. The summed E-state index contributed by atoms with van der Waals surface area (Å²) < 4.78 is 0. The van der Waals surface area contributed by atoms with E-state index in [2.05, 4.69) is 38.1 Å². The minimum Gasteiger partial charge on any atom is -0.342 e. The molecule has 92 valence electrons. The number of hydrogen-bond donors (Lipinski definition) is 0. The van der Waals surface area contributed by atoms with Gasteiger partial charge in [0.05, 0.1) is 0 Å². The molecule has 0 radical (unpaired) electrons. The summed E-state index contributed by atoms with van der Waals surface area (Å²) in [5.74, 6) is 0.994. The van der Waals surface area contributed by atoms with Crippen LogP contribution in [-0.4, -0.2) is 23.9 Å². The Labute approximate surface area is 104 Å². The molecule has 0 spiro atoms. The second-order valence-corrected chi connectivity index (χ2v) is 5.22. The molecule has 1 aliphatic heterocycles. The summed E-state index contributed by atoms with van der Waals surface area (Å²) >= 11 is 0. The Hall–Kier alpha value is -1.31. The normalized spacial score (nSPS) is 19.6. The summed E-state index contributed by atoms with van der Waals surface area (Å²) in [6.07, 6.45) is 2.68. The molecule has 17 heavy (non-hydrogen) atoms. The van der Waals surface area contributed by atoms with E-state index in [4.69, 9.17) is 0 Å². The van der Waals surface area contributed by atoms with Crippen molar-refractivity contribution in [1.29, 1.82) is 0 Å². The summed E-state index contributed by atoms with van der Waals surface area (Å²) in [4.78, 5) is 14.0. The lowest BCUT2D eigenvalue weighted by atomic mass is 10.1. The van der Waals surface area contributed by atoms with Gasteiger partial charge in [0, 0.05) is 19.5 Å². The molecular weight excluding hydrogens is 210 g/mol. The number of amides is 1. The monoisotopic (exact) mass is 231 g/mol. The van der Waals surface area contributed by atoms with Crippen LogP contribution in [0.1, 0.15) is 30.9 Å². The minimum absolute atomic E-state index is 0.316. The highest BCUT2D eigenvalue weighted by Gasteiger charge is 2.22. The highest BCUT2D eigenvalue weighted by Crippen LogP contribution is 2.16. The highest BCUT2D eigenvalue weighted by molar-refractivity contribution is 5.76. The second kappa shape index (κ2) is 5.35. The molecule has 1 aromatic carbocycles. The number of aryl methyl sites for hydroxylation is 2. The average molecular weight is 231 g/mol. The van der Waals surface area contributed by atoms with Crippen LogP contribution in [0.15, 0.2) is 24.3 Å². The molecule has 1 aliphatic rings. The molecule has 1 aromatic rings. The lowest BCUT2D eigenvalue weighted by Gasteiger charge is -2.15. The van der Waals surface area contributed by atoms with E-state index in [0.29, 0.717) is 18.2 Å². The summed E-state index contributed by atoms with van der Waals surface area (Å²) in [6, 6.07) is 8.42. The molecule has 1 unspecified atom stereocenters. The molecule has 2 heteroatoms. The summed E-state index contributed by atoms with van der Waals surface area (Å²) in [6.45, 7) is 6.21. The van der Waals surface area contributed by atoms with Crippen LogP contribution in [-0.2, 0) is 11.2 Å². The van der Waals surface area contributed by atoms with Gasteiger partial charge in [-0.2, -0.15) is 0 Å². The maximum absolute atomic E-state index is 12.0. The van der Waals surface area contributed by atoms with Crippen molar-refractivity contribution in [3.63, 3.8) is 0 Å². The first-order chi connectivity index (χ1) is 8.15. The summed E-state index contributed by atoms with van der Waals surface area (Å²) in [5.41, 5.74) is 2.54. The Morgan fingerprint density at radius 2 is 2.29 bits per heavy atom. The minimum atomic E-state index is 0.316. The number of hydrogen-bond acceptors (Lipinski definition) is 1. The molecule has 0 aromatic heterocycles. The molecule has 0 bridgehead atoms. The smallest absolute Gasteiger partial charge is 0.222 e. The number of nitrogens with zero attached hydrogens (tertiary/aromatic N) is 1. The van der Waals surface area contributed by atoms with Crippen LogP contribution in [0.5, 0.6) is 0 Å². The van der Waals surface area contributed by atoms with Crippen molar-refractivity contribution in [3.8, 4) is 0 Å². The van der Waals surface area contributed by atoms with Gasteiger partial charge in [-0.3, -0.25) is 4.79 Å².